The summed E-state index contributed by atoms with van der Waals surface area (Å²) in [6.07, 6.45) is 3.56. The summed E-state index contributed by atoms with van der Waals surface area (Å²) in [4.78, 5) is 27.7. The first-order valence-corrected chi connectivity index (χ1v) is 11.2. The Morgan fingerprint density at radius 1 is 1.03 bits per heavy atom. The number of nitrogens with zero attached hydrogens (tertiary/aromatic N) is 7. The molecule has 0 amide bonds. The van der Waals surface area contributed by atoms with E-state index in [-0.39, 0.29) is 0 Å². The van der Waals surface area contributed by atoms with Gasteiger partial charge >= 0.3 is 0 Å². The zero-order chi connectivity index (χ0) is 22.1. The highest BCUT2D eigenvalue weighted by molar-refractivity contribution is 7.21. The zero-order valence-corrected chi connectivity index (χ0v) is 19.1. The fraction of sp³-hybridized carbons (Fsp3) is 0.318. The monoisotopic (exact) mass is 448 g/mol. The van der Waals surface area contributed by atoms with Gasteiger partial charge < -0.3 is 19.9 Å². The number of likely N-dealkylation sites (N-methyl/N-ethyl adjacent to an activating group) is 1. The molecule has 0 bridgehead atoms. The molecule has 10 heteroatoms. The molecule has 0 aromatic carbocycles. The van der Waals surface area contributed by atoms with E-state index < -0.39 is 0 Å². The highest BCUT2D eigenvalue weighted by Gasteiger charge is 2.18. The average Bonchev–Trinajstić information content (AvgIpc) is 3.22. The van der Waals surface area contributed by atoms with Crippen molar-refractivity contribution in [2.24, 2.45) is 0 Å². The lowest BCUT2D eigenvalue weighted by molar-refractivity contribution is 0.311. The quantitative estimate of drug-likeness (QED) is 0.493. The molecule has 0 unspecified atom stereocenters. The van der Waals surface area contributed by atoms with Crippen molar-refractivity contribution in [3.05, 3.63) is 42.4 Å². The lowest BCUT2D eigenvalue weighted by atomic mass is 10.3. The topological polar surface area (TPSA) is 92.2 Å². The van der Waals surface area contributed by atoms with E-state index in [1.54, 1.807) is 13.3 Å². The third-order valence-electron chi connectivity index (χ3n) is 5.35. The Morgan fingerprint density at radius 2 is 1.88 bits per heavy atom. The van der Waals surface area contributed by atoms with E-state index in [1.807, 2.05) is 37.4 Å². The molecule has 1 aliphatic heterocycles. The number of thiazole rings is 1. The van der Waals surface area contributed by atoms with Crippen molar-refractivity contribution in [3.8, 4) is 16.5 Å². The van der Waals surface area contributed by atoms with Crippen LogP contribution in [0.15, 0.2) is 36.7 Å². The van der Waals surface area contributed by atoms with Crippen molar-refractivity contribution in [1.29, 1.82) is 0 Å². The van der Waals surface area contributed by atoms with Crippen molar-refractivity contribution >= 4 is 39.1 Å². The first-order chi connectivity index (χ1) is 15.6. The van der Waals surface area contributed by atoms with Crippen LogP contribution in [0.3, 0.4) is 0 Å². The second-order valence-corrected chi connectivity index (χ2v) is 8.75. The minimum absolute atomic E-state index is 0.685. The molecule has 0 aliphatic carbocycles. The maximum absolute atomic E-state index is 5.43. The zero-order valence-electron chi connectivity index (χ0n) is 18.2. The fourth-order valence-electron chi connectivity index (χ4n) is 3.62. The van der Waals surface area contributed by atoms with E-state index in [2.05, 4.69) is 37.1 Å². The number of anilines is 3. The molecule has 5 rings (SSSR count). The molecule has 164 valence electrons. The number of pyridine rings is 2. The van der Waals surface area contributed by atoms with Crippen molar-refractivity contribution in [2.45, 2.75) is 6.92 Å². The number of fused-ring (bicyclic) bond motifs is 1. The Balaban J connectivity index is 1.41. The molecule has 5 heterocycles. The smallest absolute Gasteiger partial charge is 0.227 e. The molecule has 0 saturated carbocycles. The van der Waals surface area contributed by atoms with Gasteiger partial charge in [0.15, 0.2) is 0 Å². The number of hydrogen-bond donors (Lipinski definition) is 1. The van der Waals surface area contributed by atoms with Gasteiger partial charge in [-0.2, -0.15) is 4.98 Å². The van der Waals surface area contributed by atoms with Crippen LogP contribution in [-0.4, -0.2) is 70.2 Å². The van der Waals surface area contributed by atoms with Crippen LogP contribution >= 0.6 is 11.3 Å². The third kappa shape index (κ3) is 4.19. The summed E-state index contributed by atoms with van der Waals surface area (Å²) in [7, 11) is 3.77. The van der Waals surface area contributed by atoms with E-state index in [9.17, 15) is 0 Å². The largest absolute Gasteiger partial charge is 0.494 e. The summed E-state index contributed by atoms with van der Waals surface area (Å²) in [5.74, 6) is 2.86. The molecule has 1 N–H and O–H groups in total. The van der Waals surface area contributed by atoms with E-state index in [0.717, 1.165) is 64.6 Å². The molecule has 32 heavy (non-hydrogen) atoms. The number of aryl methyl sites for hydroxylation is 1. The number of piperazine rings is 1. The summed E-state index contributed by atoms with van der Waals surface area (Å²) in [5, 5.41) is 4.12. The fourth-order valence-corrected chi connectivity index (χ4v) is 4.53. The lowest BCUT2D eigenvalue weighted by Gasteiger charge is -2.32. The Bertz CT molecular complexity index is 1250. The van der Waals surface area contributed by atoms with Gasteiger partial charge in [-0.3, -0.25) is 0 Å². The van der Waals surface area contributed by atoms with Crippen LogP contribution < -0.4 is 15.0 Å². The number of rotatable bonds is 5. The van der Waals surface area contributed by atoms with Crippen molar-refractivity contribution in [3.63, 3.8) is 0 Å². The van der Waals surface area contributed by atoms with Crippen LogP contribution in [0.5, 0.6) is 5.75 Å². The van der Waals surface area contributed by atoms with E-state index in [1.165, 1.54) is 11.3 Å². The molecule has 0 radical (unpaired) electrons. The van der Waals surface area contributed by atoms with Crippen LogP contribution in [-0.2, 0) is 0 Å². The first-order valence-electron chi connectivity index (χ1n) is 10.4. The summed E-state index contributed by atoms with van der Waals surface area (Å²) in [6.45, 7) is 5.83. The van der Waals surface area contributed by atoms with Crippen molar-refractivity contribution in [2.75, 3.05) is 50.6 Å². The first kappa shape index (κ1) is 20.5. The summed E-state index contributed by atoms with van der Waals surface area (Å²) in [6, 6.07) is 7.59. The van der Waals surface area contributed by atoms with Gasteiger partial charge in [0, 0.05) is 56.4 Å². The molecule has 4 aromatic heterocycles. The molecule has 1 aliphatic rings. The van der Waals surface area contributed by atoms with Gasteiger partial charge in [0.05, 0.1) is 17.3 Å². The molecular formula is C22H24N8OS. The van der Waals surface area contributed by atoms with E-state index in [0.29, 0.717) is 11.6 Å². The van der Waals surface area contributed by atoms with Gasteiger partial charge in [-0.25, -0.2) is 19.9 Å². The van der Waals surface area contributed by atoms with Crippen LogP contribution in [0.2, 0.25) is 0 Å². The molecular weight excluding hydrogens is 424 g/mol. The van der Waals surface area contributed by atoms with Crippen LogP contribution in [0.25, 0.3) is 20.9 Å². The molecule has 4 aromatic rings. The standard InChI is InChI=1S/C22H24N8OS/c1-14-11-19(28-22(25-14)30-9-7-29(2)8-10-30)27-18-12-15-17(13-24-18)32-21(26-15)20-16(31-3)5-4-6-23-20/h4-6,11-13H,7-10H2,1-3H3,(H,24,25,27,28). The number of hydrogen-bond acceptors (Lipinski definition) is 10. The van der Waals surface area contributed by atoms with Gasteiger partial charge in [-0.05, 0) is 26.1 Å². The molecule has 1 saturated heterocycles. The average molecular weight is 449 g/mol. The van der Waals surface area contributed by atoms with Crippen molar-refractivity contribution in [1.82, 2.24) is 29.8 Å². The van der Waals surface area contributed by atoms with Crippen LogP contribution in [0, 0.1) is 6.92 Å². The SMILES string of the molecule is COc1cccnc1-c1nc2cc(Nc3cc(C)nc(N4CCN(C)CC4)n3)ncc2s1. The normalized spacial score (nSPS) is 14.7. The second-order valence-electron chi connectivity index (χ2n) is 7.72. The maximum atomic E-state index is 5.43. The third-order valence-corrected chi connectivity index (χ3v) is 6.37. The Morgan fingerprint density at radius 3 is 2.69 bits per heavy atom. The van der Waals surface area contributed by atoms with Gasteiger partial charge in [-0.1, -0.05) is 0 Å². The number of ether oxygens (including phenoxy) is 1. The van der Waals surface area contributed by atoms with Gasteiger partial charge in [0.1, 0.15) is 28.1 Å². The van der Waals surface area contributed by atoms with Gasteiger partial charge in [0.25, 0.3) is 0 Å². The minimum Gasteiger partial charge on any atom is -0.494 e. The van der Waals surface area contributed by atoms with Gasteiger partial charge in [-0.15, -0.1) is 11.3 Å². The second kappa shape index (κ2) is 8.64. The van der Waals surface area contributed by atoms with E-state index in [4.69, 9.17) is 14.7 Å². The number of aromatic nitrogens is 5. The highest BCUT2D eigenvalue weighted by atomic mass is 32.1. The maximum Gasteiger partial charge on any atom is 0.227 e. The number of methoxy groups -OCH3 is 1. The minimum atomic E-state index is 0.685. The van der Waals surface area contributed by atoms with Crippen molar-refractivity contribution < 1.29 is 4.74 Å². The molecule has 9 nitrogen and oxygen atoms in total. The lowest BCUT2D eigenvalue weighted by Crippen LogP contribution is -2.45. The molecule has 0 atom stereocenters. The Kier molecular flexibility index (Phi) is 5.54. The van der Waals surface area contributed by atoms with Gasteiger partial charge in [0.2, 0.25) is 5.95 Å². The van der Waals surface area contributed by atoms with Crippen LogP contribution in [0.4, 0.5) is 17.6 Å². The predicted octanol–water partition coefficient (Wildman–Crippen LogP) is 3.36. The summed E-state index contributed by atoms with van der Waals surface area (Å²) < 4.78 is 6.41. The Hall–Kier alpha value is -3.37. The highest BCUT2D eigenvalue weighted by Crippen LogP contribution is 2.34. The van der Waals surface area contributed by atoms with E-state index >= 15 is 0 Å². The molecule has 0 spiro atoms. The summed E-state index contributed by atoms with van der Waals surface area (Å²) >= 11 is 1.54. The van der Waals surface area contributed by atoms with Crippen LogP contribution in [0.1, 0.15) is 5.69 Å². The summed E-state index contributed by atoms with van der Waals surface area (Å²) in [5.41, 5.74) is 2.49. The Labute approximate surface area is 190 Å². The predicted molar refractivity (Wildman–Crippen MR) is 127 cm³/mol. The number of nitrogens with one attached hydrogen (secondary N) is 1. The molecule has 1 fully saturated rings.